The zero-order valence-corrected chi connectivity index (χ0v) is 35.4. The van der Waals surface area contributed by atoms with Crippen LogP contribution in [0.15, 0.2) is 64.3 Å². The van der Waals surface area contributed by atoms with E-state index >= 15 is 4.79 Å². The van der Waals surface area contributed by atoms with Crippen LogP contribution in [0, 0.1) is 22.7 Å². The Morgan fingerprint density at radius 3 is 2.28 bits per heavy atom. The predicted molar refractivity (Wildman–Crippen MR) is 212 cm³/mol. The van der Waals surface area contributed by atoms with E-state index in [-0.39, 0.29) is 35.5 Å². The van der Waals surface area contributed by atoms with Gasteiger partial charge in [-0.15, -0.1) is 0 Å². The molecule has 4 N–H and O–H groups in total. The summed E-state index contributed by atoms with van der Waals surface area (Å²) in [6, 6.07) is 9.36. The Bertz CT molecular complexity index is 2020. The molecule has 2 heterocycles. The molecule has 326 valence electrons. The molecule has 3 aliphatic carbocycles. The van der Waals surface area contributed by atoms with Gasteiger partial charge in [0.15, 0.2) is 18.0 Å². The third-order valence-electron chi connectivity index (χ3n) is 12.8. The molecule has 1 amide bonds. The number of aliphatic hydroxyl groups is 3. The first-order chi connectivity index (χ1) is 28.2. The molecule has 0 radical (unpaired) electrons. The molecule has 0 unspecified atom stereocenters. The van der Waals surface area contributed by atoms with E-state index in [1.807, 2.05) is 6.92 Å². The molecule has 0 spiro atoms. The summed E-state index contributed by atoms with van der Waals surface area (Å²) in [5.41, 5.74) is -5.98. The van der Waals surface area contributed by atoms with E-state index < -0.39 is 112 Å². The number of ketones is 1. The molecule has 2 aromatic rings. The summed E-state index contributed by atoms with van der Waals surface area (Å²) in [5.74, 6) is -8.72. The van der Waals surface area contributed by atoms with Crippen molar-refractivity contribution < 1.29 is 72.2 Å². The number of thioether (sulfide) groups is 1. The molecule has 2 bridgehead atoms. The molecule has 2 saturated carbocycles. The number of carbonyl (C=O) groups excluding carboxylic acids is 6. The minimum atomic E-state index is -2.41. The third-order valence-corrected chi connectivity index (χ3v) is 13.7. The number of furan rings is 1. The fraction of sp³-hybridized carbons (Fsp3) is 0.581. The van der Waals surface area contributed by atoms with Crippen LogP contribution in [0.5, 0.6) is 0 Å². The number of unbranched alkanes of at least 4 members (excludes halogenated alkanes) is 1. The molecule has 1 aromatic carbocycles. The van der Waals surface area contributed by atoms with Gasteiger partial charge in [-0.25, -0.2) is 9.59 Å². The van der Waals surface area contributed by atoms with Crippen molar-refractivity contribution in [3.05, 3.63) is 71.2 Å². The molecule has 1 saturated heterocycles. The molecule has 1 aliphatic heterocycles. The summed E-state index contributed by atoms with van der Waals surface area (Å²) < 4.78 is 35.7. The van der Waals surface area contributed by atoms with Crippen LogP contribution in [0.4, 0.5) is 4.79 Å². The van der Waals surface area contributed by atoms with Crippen molar-refractivity contribution in [3.63, 3.8) is 0 Å². The highest BCUT2D eigenvalue weighted by Gasteiger charge is 2.78. The van der Waals surface area contributed by atoms with Gasteiger partial charge in [0.1, 0.15) is 29.6 Å². The van der Waals surface area contributed by atoms with Gasteiger partial charge in [0, 0.05) is 31.4 Å². The summed E-state index contributed by atoms with van der Waals surface area (Å²) >= 11 is 0.962. The number of fused-ring (bicyclic) bond motifs is 5. The Balaban J connectivity index is 1.52. The topological polar surface area (TPSA) is 234 Å². The van der Waals surface area contributed by atoms with E-state index in [1.54, 1.807) is 32.0 Å². The van der Waals surface area contributed by atoms with Crippen molar-refractivity contribution in [1.29, 1.82) is 0 Å². The molecular weight excluding hydrogens is 803 g/mol. The van der Waals surface area contributed by atoms with Gasteiger partial charge in [0.05, 0.1) is 41.8 Å². The number of carbonyl (C=O) groups is 6. The Morgan fingerprint density at radius 1 is 1.00 bits per heavy atom. The zero-order valence-electron chi connectivity index (χ0n) is 34.6. The lowest BCUT2D eigenvalue weighted by atomic mass is 9.45. The van der Waals surface area contributed by atoms with Crippen molar-refractivity contribution in [2.24, 2.45) is 22.7 Å². The van der Waals surface area contributed by atoms with Crippen molar-refractivity contribution >= 4 is 46.7 Å². The average Bonchev–Trinajstić information content (AvgIpc) is 3.73. The van der Waals surface area contributed by atoms with Gasteiger partial charge in [-0.3, -0.25) is 19.2 Å². The normalized spacial score (nSPS) is 32.7. The number of rotatable bonds is 12. The van der Waals surface area contributed by atoms with E-state index in [1.165, 1.54) is 44.4 Å². The van der Waals surface area contributed by atoms with Gasteiger partial charge >= 0.3 is 23.9 Å². The second-order valence-corrected chi connectivity index (χ2v) is 17.8. The molecule has 6 rings (SSSR count). The maximum atomic E-state index is 15.4. The van der Waals surface area contributed by atoms with Gasteiger partial charge in [-0.05, 0) is 62.1 Å². The summed E-state index contributed by atoms with van der Waals surface area (Å²) in [7, 11) is 0. The lowest BCUT2D eigenvalue weighted by molar-refractivity contribution is -0.410. The number of hydrogen-bond donors (Lipinski definition) is 4. The molecule has 16 nitrogen and oxygen atoms in total. The zero-order chi connectivity index (χ0) is 43.9. The largest absolute Gasteiger partial charge is 0.467 e. The first-order valence-electron chi connectivity index (χ1n) is 20.0. The van der Waals surface area contributed by atoms with Gasteiger partial charge in [-0.1, -0.05) is 57.2 Å². The standard InChI is InChI=1S/C43H53NO15S/c1-8-9-18-60-39(52)44-31(27-16-13-17-54-27)32(48)38(51)57-28-20-42(53)36(58-37(50)25-14-11-10-12-15-25)34-41(7,29(47)19-26-21-55-43(26,34)59-24(4)46)35(49)33(56-23(3)45)30(22(28)2)40(42,5)6/h10-17,26,28-29,31-34,36,47-48,53H,8-9,18-21H2,1-7H3,(H,44,52)/t26-,28-,29-,31-,32+,33+,34-,36-,41+,42+,43-/m0/s1. The summed E-state index contributed by atoms with van der Waals surface area (Å²) in [6.45, 7) is 10.1. The van der Waals surface area contributed by atoms with Crippen molar-refractivity contribution in [3.8, 4) is 0 Å². The Morgan fingerprint density at radius 2 is 1.70 bits per heavy atom. The molecule has 60 heavy (non-hydrogen) atoms. The maximum absolute atomic E-state index is 15.4. The molecular formula is C43H53NO15S. The van der Waals surface area contributed by atoms with Gasteiger partial charge in [0.2, 0.25) is 5.79 Å². The summed E-state index contributed by atoms with van der Waals surface area (Å²) in [5, 5.41) is 39.3. The van der Waals surface area contributed by atoms with Crippen LogP contribution in [0.1, 0.15) is 96.3 Å². The molecule has 17 heteroatoms. The third kappa shape index (κ3) is 7.67. The maximum Gasteiger partial charge on any atom is 0.338 e. The minimum Gasteiger partial charge on any atom is -0.467 e. The van der Waals surface area contributed by atoms with Crippen LogP contribution in [-0.4, -0.2) is 104 Å². The molecule has 3 fully saturated rings. The quantitative estimate of drug-likeness (QED) is 0.101. The first-order valence-corrected chi connectivity index (χ1v) is 21.0. The van der Waals surface area contributed by atoms with E-state index in [4.69, 9.17) is 28.1 Å². The van der Waals surface area contributed by atoms with Crippen LogP contribution in [-0.2, 0) is 42.9 Å². The number of Topliss-reactive ketones (excluding diaryl/α,β-unsaturated/α-hetero) is 1. The van der Waals surface area contributed by atoms with E-state index in [9.17, 15) is 39.3 Å². The highest BCUT2D eigenvalue weighted by Crippen LogP contribution is 2.65. The van der Waals surface area contributed by atoms with Crippen molar-refractivity contribution in [2.45, 2.75) is 122 Å². The smallest absolute Gasteiger partial charge is 0.338 e. The lowest BCUT2D eigenvalue weighted by Crippen LogP contribution is -2.80. The number of nitrogens with one attached hydrogen (secondary N) is 1. The van der Waals surface area contributed by atoms with Crippen molar-refractivity contribution in [2.75, 3.05) is 12.4 Å². The fourth-order valence-corrected chi connectivity index (χ4v) is 10.4. The molecule has 4 aliphatic rings. The van der Waals surface area contributed by atoms with E-state index in [2.05, 4.69) is 5.32 Å². The number of amides is 1. The SMILES string of the molecule is CCCCSC(=O)N[C@@H](c1ccco1)[C@@H](O)C(=O)O[C@H]1C[C@@]2(O)[C@@H](OC(=O)c3ccccc3)[C@@H]3[C@]4(OC(C)=O)OC[C@@H]4C[C@H](O)[C@@]3(C)C(=O)[C@H](OC(C)=O)C(=C1C)C2(C)C. The van der Waals surface area contributed by atoms with Crippen molar-refractivity contribution in [1.82, 2.24) is 5.32 Å². The second kappa shape index (κ2) is 17.1. The fourth-order valence-electron chi connectivity index (χ4n) is 9.54. The number of ether oxygens (including phenoxy) is 5. The Hall–Kier alpha value is -4.55. The van der Waals surface area contributed by atoms with Crippen LogP contribution in [0.3, 0.4) is 0 Å². The van der Waals surface area contributed by atoms with Gasteiger partial charge in [-0.2, -0.15) is 0 Å². The van der Waals surface area contributed by atoms with E-state index in [0.29, 0.717) is 5.75 Å². The Labute approximate surface area is 351 Å². The Kier molecular flexibility index (Phi) is 12.8. The summed E-state index contributed by atoms with van der Waals surface area (Å²) in [6.07, 6.45) is -6.57. The monoisotopic (exact) mass is 855 g/mol. The van der Waals surface area contributed by atoms with Crippen LogP contribution < -0.4 is 5.32 Å². The van der Waals surface area contributed by atoms with Crippen LogP contribution >= 0.6 is 11.8 Å². The van der Waals surface area contributed by atoms with Crippen LogP contribution in [0.2, 0.25) is 0 Å². The highest BCUT2D eigenvalue weighted by atomic mass is 32.2. The number of esters is 4. The van der Waals surface area contributed by atoms with Gasteiger partial charge in [0.25, 0.3) is 5.24 Å². The number of aliphatic hydroxyl groups excluding tert-OH is 2. The first kappa shape index (κ1) is 45.0. The minimum absolute atomic E-state index is 0.0160. The number of hydrogen-bond acceptors (Lipinski definition) is 16. The second-order valence-electron chi connectivity index (χ2n) is 16.7. The molecule has 11 atom stereocenters. The highest BCUT2D eigenvalue weighted by molar-refractivity contribution is 8.13. The predicted octanol–water partition coefficient (Wildman–Crippen LogP) is 4.35. The number of benzene rings is 1. The van der Waals surface area contributed by atoms with Gasteiger partial charge < -0.3 is 48.7 Å². The summed E-state index contributed by atoms with van der Waals surface area (Å²) in [4.78, 5) is 82.5. The lowest BCUT2D eigenvalue weighted by Gasteiger charge is -2.67. The van der Waals surface area contributed by atoms with E-state index in [0.717, 1.165) is 38.5 Å². The average molecular weight is 856 g/mol. The molecule has 1 aromatic heterocycles. The van der Waals surface area contributed by atoms with Crippen LogP contribution in [0.25, 0.3) is 0 Å².